The van der Waals surface area contributed by atoms with Crippen LogP contribution in [-0.4, -0.2) is 21.7 Å². The van der Waals surface area contributed by atoms with Gasteiger partial charge in [-0.05, 0) is 30.3 Å². The van der Waals surface area contributed by atoms with Crippen LogP contribution in [0.1, 0.15) is 26.5 Å². The smallest absolute Gasteiger partial charge is 0.180 e. The Bertz CT molecular complexity index is 1080. The molecule has 1 N–H and O–H groups in total. The minimum absolute atomic E-state index is 0.107. The van der Waals surface area contributed by atoms with E-state index in [0.29, 0.717) is 4.88 Å². The fraction of sp³-hybridized carbons (Fsp3) is 0.0500. The molecule has 0 fully saturated rings. The summed E-state index contributed by atoms with van der Waals surface area (Å²) in [5, 5.41) is 11.6. The number of hydrogen-bond acceptors (Lipinski definition) is 5. The van der Waals surface area contributed by atoms with Crippen LogP contribution in [0.2, 0.25) is 0 Å². The SMILES string of the molecule is O=C(CC(=O)c1ccccc1O)c1cc2cc3ccccc3nc2s1. The maximum absolute atomic E-state index is 12.5. The summed E-state index contributed by atoms with van der Waals surface area (Å²) in [6.45, 7) is 0. The van der Waals surface area contributed by atoms with E-state index in [1.807, 2.05) is 30.3 Å². The number of carbonyl (C=O) groups excluding carboxylic acids is 2. The Hall–Kier alpha value is -3.05. The van der Waals surface area contributed by atoms with Crippen LogP contribution in [-0.2, 0) is 0 Å². The molecule has 0 amide bonds. The zero-order chi connectivity index (χ0) is 17.4. The molecule has 4 aromatic rings. The third-order valence-corrected chi connectivity index (χ3v) is 5.10. The van der Waals surface area contributed by atoms with Gasteiger partial charge in [0.25, 0.3) is 0 Å². The van der Waals surface area contributed by atoms with E-state index in [-0.39, 0.29) is 23.5 Å². The molecule has 4 nitrogen and oxygen atoms in total. The minimum atomic E-state index is -0.390. The maximum Gasteiger partial charge on any atom is 0.180 e. The number of fused-ring (bicyclic) bond motifs is 2. The first-order valence-corrected chi connectivity index (χ1v) is 8.57. The number of benzene rings is 2. The van der Waals surface area contributed by atoms with Crippen molar-refractivity contribution in [2.45, 2.75) is 6.42 Å². The summed E-state index contributed by atoms with van der Waals surface area (Å²) < 4.78 is 0. The first-order valence-electron chi connectivity index (χ1n) is 7.75. The van der Waals surface area contributed by atoms with Gasteiger partial charge in [-0.25, -0.2) is 4.98 Å². The van der Waals surface area contributed by atoms with Gasteiger partial charge in [0.1, 0.15) is 10.6 Å². The first kappa shape index (κ1) is 15.5. The molecule has 0 aliphatic heterocycles. The van der Waals surface area contributed by atoms with Crippen LogP contribution in [0, 0.1) is 0 Å². The summed E-state index contributed by atoms with van der Waals surface area (Å²) in [7, 11) is 0. The monoisotopic (exact) mass is 347 g/mol. The lowest BCUT2D eigenvalue weighted by atomic mass is 10.0. The van der Waals surface area contributed by atoms with Crippen molar-refractivity contribution in [2.75, 3.05) is 0 Å². The normalized spacial score (nSPS) is 11.0. The molecule has 0 saturated carbocycles. The fourth-order valence-corrected chi connectivity index (χ4v) is 3.71. The van der Waals surface area contributed by atoms with Crippen molar-refractivity contribution in [3.8, 4) is 5.75 Å². The summed E-state index contributed by atoms with van der Waals surface area (Å²) in [6.07, 6.45) is -0.274. The molecule has 0 spiro atoms. The summed E-state index contributed by atoms with van der Waals surface area (Å²) in [4.78, 5) is 30.6. The molecular formula is C20H13NO3S. The average Bonchev–Trinajstić information content (AvgIpc) is 3.03. The predicted octanol–water partition coefficient (Wildman–Crippen LogP) is 4.61. The minimum Gasteiger partial charge on any atom is -0.507 e. The fourth-order valence-electron chi connectivity index (χ4n) is 2.75. The highest BCUT2D eigenvalue weighted by atomic mass is 32.1. The maximum atomic E-state index is 12.5. The van der Waals surface area contributed by atoms with Gasteiger partial charge in [-0.1, -0.05) is 30.3 Å². The molecule has 0 saturated heterocycles. The molecule has 122 valence electrons. The second-order valence-electron chi connectivity index (χ2n) is 5.73. The highest BCUT2D eigenvalue weighted by Gasteiger charge is 2.18. The molecule has 0 unspecified atom stereocenters. The number of para-hydroxylation sites is 2. The van der Waals surface area contributed by atoms with Gasteiger partial charge < -0.3 is 5.11 Å². The lowest BCUT2D eigenvalue weighted by Crippen LogP contribution is -2.07. The van der Waals surface area contributed by atoms with Crippen LogP contribution >= 0.6 is 11.3 Å². The van der Waals surface area contributed by atoms with E-state index in [4.69, 9.17) is 0 Å². The molecule has 0 bridgehead atoms. The number of thiophene rings is 1. The van der Waals surface area contributed by atoms with Crippen LogP contribution in [0.3, 0.4) is 0 Å². The van der Waals surface area contributed by atoms with Crippen molar-refractivity contribution in [3.63, 3.8) is 0 Å². The summed E-state index contributed by atoms with van der Waals surface area (Å²) in [5.74, 6) is -0.761. The van der Waals surface area contributed by atoms with Crippen LogP contribution < -0.4 is 0 Å². The lowest BCUT2D eigenvalue weighted by Gasteiger charge is -2.01. The number of ketones is 2. The highest BCUT2D eigenvalue weighted by molar-refractivity contribution is 7.20. The predicted molar refractivity (Wildman–Crippen MR) is 98.5 cm³/mol. The van der Waals surface area contributed by atoms with E-state index in [0.717, 1.165) is 21.1 Å². The zero-order valence-electron chi connectivity index (χ0n) is 13.1. The number of Topliss-reactive ketones (excluding diaryl/α,β-unsaturated/α-hetero) is 2. The summed E-state index contributed by atoms with van der Waals surface area (Å²) in [5.41, 5.74) is 1.04. The van der Waals surface area contributed by atoms with E-state index in [9.17, 15) is 14.7 Å². The van der Waals surface area contributed by atoms with Crippen molar-refractivity contribution in [1.29, 1.82) is 0 Å². The molecular weight excluding hydrogens is 334 g/mol. The standard InChI is InChI=1S/C20H13NO3S/c22-16-8-4-2-6-14(16)17(23)11-18(24)19-10-13-9-12-5-1-3-7-15(12)21-20(13)25-19/h1-10,22H,11H2. The highest BCUT2D eigenvalue weighted by Crippen LogP contribution is 2.29. The molecule has 0 aliphatic rings. The van der Waals surface area contributed by atoms with E-state index in [2.05, 4.69) is 4.98 Å². The van der Waals surface area contributed by atoms with E-state index < -0.39 is 5.78 Å². The Labute approximate surface area is 147 Å². The van der Waals surface area contributed by atoms with Gasteiger partial charge in [0.15, 0.2) is 11.6 Å². The molecule has 2 aromatic carbocycles. The van der Waals surface area contributed by atoms with Crippen LogP contribution in [0.5, 0.6) is 5.75 Å². The van der Waals surface area contributed by atoms with E-state index in [1.54, 1.807) is 18.2 Å². The Balaban J connectivity index is 1.65. The van der Waals surface area contributed by atoms with E-state index >= 15 is 0 Å². The quantitative estimate of drug-likeness (QED) is 0.432. The van der Waals surface area contributed by atoms with Crippen molar-refractivity contribution >= 4 is 44.0 Å². The Morgan fingerprint density at radius 3 is 2.52 bits per heavy atom. The molecule has 2 aromatic heterocycles. The number of aromatic hydroxyl groups is 1. The van der Waals surface area contributed by atoms with Crippen molar-refractivity contribution in [3.05, 3.63) is 71.1 Å². The average molecular weight is 347 g/mol. The molecule has 0 aliphatic carbocycles. The van der Waals surface area contributed by atoms with Crippen molar-refractivity contribution in [2.24, 2.45) is 0 Å². The summed E-state index contributed by atoms with van der Waals surface area (Å²) >= 11 is 1.29. The van der Waals surface area contributed by atoms with Gasteiger partial charge in [0, 0.05) is 10.8 Å². The van der Waals surface area contributed by atoms with Crippen LogP contribution in [0.15, 0.2) is 60.7 Å². The number of phenolic OH excluding ortho intramolecular Hbond substituents is 1. The van der Waals surface area contributed by atoms with Gasteiger partial charge in [-0.3, -0.25) is 9.59 Å². The van der Waals surface area contributed by atoms with E-state index in [1.165, 1.54) is 23.5 Å². The Kier molecular flexibility index (Phi) is 3.78. The molecule has 25 heavy (non-hydrogen) atoms. The molecule has 5 heteroatoms. The van der Waals surface area contributed by atoms with Gasteiger partial charge in [-0.2, -0.15) is 0 Å². The zero-order valence-corrected chi connectivity index (χ0v) is 13.9. The number of phenols is 1. The molecule has 0 radical (unpaired) electrons. The van der Waals surface area contributed by atoms with Crippen LogP contribution in [0.4, 0.5) is 0 Å². The Morgan fingerprint density at radius 2 is 1.68 bits per heavy atom. The number of aromatic nitrogens is 1. The van der Waals surface area contributed by atoms with Gasteiger partial charge in [0.05, 0.1) is 22.4 Å². The third kappa shape index (κ3) is 2.90. The first-order chi connectivity index (χ1) is 12.1. The second-order valence-corrected chi connectivity index (χ2v) is 6.76. The number of carbonyl (C=O) groups is 2. The molecule has 0 atom stereocenters. The largest absolute Gasteiger partial charge is 0.507 e. The van der Waals surface area contributed by atoms with Gasteiger partial charge in [0.2, 0.25) is 0 Å². The van der Waals surface area contributed by atoms with Crippen LogP contribution in [0.25, 0.3) is 21.1 Å². The topological polar surface area (TPSA) is 67.3 Å². The number of pyridine rings is 1. The molecule has 2 heterocycles. The number of nitrogens with zero attached hydrogens (tertiary/aromatic N) is 1. The van der Waals surface area contributed by atoms with Gasteiger partial charge in [-0.15, -0.1) is 11.3 Å². The molecule has 4 rings (SSSR count). The lowest BCUT2D eigenvalue weighted by molar-refractivity contribution is 0.0895. The number of hydrogen-bond donors (Lipinski definition) is 1. The number of rotatable bonds is 4. The van der Waals surface area contributed by atoms with Crippen molar-refractivity contribution in [1.82, 2.24) is 4.98 Å². The Morgan fingerprint density at radius 1 is 0.920 bits per heavy atom. The summed E-state index contributed by atoms with van der Waals surface area (Å²) in [6, 6.07) is 17.8. The van der Waals surface area contributed by atoms with Gasteiger partial charge >= 0.3 is 0 Å². The van der Waals surface area contributed by atoms with Crippen molar-refractivity contribution < 1.29 is 14.7 Å². The third-order valence-electron chi connectivity index (χ3n) is 4.01. The second kappa shape index (κ2) is 6.11.